The fraction of sp³-hybridized carbons (Fsp3) is 0.263. The van der Waals surface area contributed by atoms with Crippen molar-refractivity contribution < 1.29 is 21.6 Å². The number of rotatable bonds is 5. The summed E-state index contributed by atoms with van der Waals surface area (Å²) in [5.41, 5.74) is 2.26. The van der Waals surface area contributed by atoms with Crippen LogP contribution in [0.1, 0.15) is 22.6 Å². The fourth-order valence-electron chi connectivity index (χ4n) is 3.40. The van der Waals surface area contributed by atoms with E-state index < -0.39 is 31.8 Å². The van der Waals surface area contributed by atoms with Gasteiger partial charge in [-0.15, -0.1) is 0 Å². The number of sulfone groups is 1. The van der Waals surface area contributed by atoms with E-state index in [9.17, 15) is 21.6 Å². The van der Waals surface area contributed by atoms with E-state index in [0.29, 0.717) is 5.69 Å². The van der Waals surface area contributed by atoms with Crippen LogP contribution >= 0.6 is 0 Å². The summed E-state index contributed by atoms with van der Waals surface area (Å²) >= 11 is 0. The van der Waals surface area contributed by atoms with E-state index >= 15 is 0 Å². The van der Waals surface area contributed by atoms with Crippen LogP contribution in [0.15, 0.2) is 47.4 Å². The van der Waals surface area contributed by atoms with Crippen LogP contribution < -0.4 is 10.0 Å². The Balaban J connectivity index is 1.52. The standard InChI is InChI=1S/C19H20N4O5S2/c1-12-20-17-6-5-14(10-18(17)21-12)22-19(24)13-3-2-4-16(9-13)30(27,28)23-15-7-8-29(25,26)11-15/h2-6,9-10,15,23H,7-8,11H2,1H3,(H,20,21)(H,22,24). The van der Waals surface area contributed by atoms with E-state index in [0.717, 1.165) is 16.9 Å². The van der Waals surface area contributed by atoms with E-state index in [1.54, 1.807) is 18.2 Å². The molecule has 3 N–H and O–H groups in total. The van der Waals surface area contributed by atoms with Crippen molar-refractivity contribution in [3.05, 3.63) is 53.9 Å². The van der Waals surface area contributed by atoms with Gasteiger partial charge in [0.15, 0.2) is 9.84 Å². The number of imidazole rings is 1. The Labute approximate surface area is 173 Å². The van der Waals surface area contributed by atoms with Crippen molar-refractivity contribution in [1.29, 1.82) is 0 Å². The van der Waals surface area contributed by atoms with Gasteiger partial charge in [0.25, 0.3) is 5.91 Å². The number of nitrogens with one attached hydrogen (secondary N) is 3. The quantitative estimate of drug-likeness (QED) is 0.542. The molecule has 3 aromatic rings. The lowest BCUT2D eigenvalue weighted by Gasteiger charge is -2.12. The van der Waals surface area contributed by atoms with Crippen LogP contribution in [-0.2, 0) is 19.9 Å². The van der Waals surface area contributed by atoms with E-state index in [-0.39, 0.29) is 28.4 Å². The number of carbonyl (C=O) groups excluding carboxylic acids is 1. The molecule has 30 heavy (non-hydrogen) atoms. The first kappa shape index (κ1) is 20.5. The molecule has 1 aliphatic rings. The van der Waals surface area contributed by atoms with Gasteiger partial charge in [0.2, 0.25) is 10.0 Å². The maximum absolute atomic E-state index is 12.6. The van der Waals surface area contributed by atoms with E-state index in [1.165, 1.54) is 24.3 Å². The van der Waals surface area contributed by atoms with Crippen molar-refractivity contribution in [2.45, 2.75) is 24.3 Å². The Morgan fingerprint density at radius 2 is 2.00 bits per heavy atom. The number of fused-ring (bicyclic) bond motifs is 1. The highest BCUT2D eigenvalue weighted by atomic mass is 32.2. The molecule has 11 heteroatoms. The summed E-state index contributed by atoms with van der Waals surface area (Å²) in [4.78, 5) is 19.9. The fourth-order valence-corrected chi connectivity index (χ4v) is 6.49. The molecule has 2 heterocycles. The summed E-state index contributed by atoms with van der Waals surface area (Å²) in [7, 11) is -7.18. The van der Waals surface area contributed by atoms with Gasteiger partial charge in [-0.3, -0.25) is 4.79 Å². The zero-order valence-electron chi connectivity index (χ0n) is 16.0. The molecule has 1 atom stereocenters. The first-order chi connectivity index (χ1) is 14.1. The number of aromatic nitrogens is 2. The largest absolute Gasteiger partial charge is 0.342 e. The summed E-state index contributed by atoms with van der Waals surface area (Å²) in [5.74, 6) is 0.0326. The third-order valence-corrected chi connectivity index (χ3v) is 8.11. The monoisotopic (exact) mass is 448 g/mol. The number of hydrogen-bond donors (Lipinski definition) is 3. The maximum atomic E-state index is 12.6. The minimum atomic E-state index is -3.96. The van der Waals surface area contributed by atoms with E-state index in [2.05, 4.69) is 20.0 Å². The number of aromatic amines is 1. The molecule has 1 aliphatic heterocycles. The third-order valence-electron chi connectivity index (χ3n) is 4.82. The predicted molar refractivity (Wildman–Crippen MR) is 113 cm³/mol. The van der Waals surface area contributed by atoms with Crippen molar-refractivity contribution in [2.75, 3.05) is 16.8 Å². The molecule has 0 aliphatic carbocycles. The number of aryl methyl sites for hydroxylation is 1. The molecule has 1 unspecified atom stereocenters. The molecule has 158 valence electrons. The first-order valence-corrected chi connectivity index (χ1v) is 12.5. The molecule has 0 radical (unpaired) electrons. The maximum Gasteiger partial charge on any atom is 0.255 e. The normalized spacial score (nSPS) is 18.5. The molecule has 1 aromatic heterocycles. The number of H-pyrrole nitrogens is 1. The Morgan fingerprint density at radius 1 is 1.20 bits per heavy atom. The van der Waals surface area contributed by atoms with Crippen LogP contribution in [-0.4, -0.2) is 50.3 Å². The highest BCUT2D eigenvalue weighted by Crippen LogP contribution is 2.20. The highest BCUT2D eigenvalue weighted by molar-refractivity contribution is 7.92. The van der Waals surface area contributed by atoms with Gasteiger partial charge in [-0.1, -0.05) is 6.07 Å². The van der Waals surface area contributed by atoms with Crippen molar-refractivity contribution in [3.8, 4) is 0 Å². The van der Waals surface area contributed by atoms with Gasteiger partial charge in [0.05, 0.1) is 27.4 Å². The first-order valence-electron chi connectivity index (χ1n) is 9.22. The Hall–Kier alpha value is -2.76. The van der Waals surface area contributed by atoms with Gasteiger partial charge in [0.1, 0.15) is 5.82 Å². The molecule has 0 spiro atoms. The molecular weight excluding hydrogens is 428 g/mol. The second kappa shape index (κ2) is 7.49. The van der Waals surface area contributed by atoms with Crippen molar-refractivity contribution in [2.24, 2.45) is 0 Å². The summed E-state index contributed by atoms with van der Waals surface area (Å²) in [6, 6.07) is 10.2. The molecule has 1 saturated heterocycles. The van der Waals surface area contributed by atoms with E-state index in [1.807, 2.05) is 6.92 Å². The molecule has 2 aromatic carbocycles. The van der Waals surface area contributed by atoms with Gasteiger partial charge >= 0.3 is 0 Å². The molecule has 1 fully saturated rings. The number of carbonyl (C=O) groups is 1. The van der Waals surface area contributed by atoms with Crippen LogP contribution in [0.25, 0.3) is 11.0 Å². The van der Waals surface area contributed by atoms with Gasteiger partial charge in [-0.2, -0.15) is 0 Å². The van der Waals surface area contributed by atoms with Crippen molar-refractivity contribution >= 4 is 42.5 Å². The van der Waals surface area contributed by atoms with E-state index in [4.69, 9.17) is 0 Å². The number of amides is 1. The van der Waals surface area contributed by atoms with Gasteiger partial charge in [0, 0.05) is 17.3 Å². The van der Waals surface area contributed by atoms with Crippen LogP contribution in [0.3, 0.4) is 0 Å². The summed E-state index contributed by atoms with van der Waals surface area (Å²) in [6.45, 7) is 1.83. The molecule has 0 saturated carbocycles. The van der Waals surface area contributed by atoms with Crippen molar-refractivity contribution in [3.63, 3.8) is 0 Å². The number of anilines is 1. The molecule has 4 rings (SSSR count). The summed E-state index contributed by atoms with van der Waals surface area (Å²) < 4.78 is 50.8. The van der Waals surface area contributed by atoms with Crippen LogP contribution in [0.2, 0.25) is 0 Å². The Kier molecular flexibility index (Phi) is 5.12. The molecule has 0 bridgehead atoms. The van der Waals surface area contributed by atoms with Gasteiger partial charge in [-0.05, 0) is 49.7 Å². The summed E-state index contributed by atoms with van der Waals surface area (Å²) in [5, 5.41) is 2.74. The lowest BCUT2D eigenvalue weighted by molar-refractivity contribution is 0.102. The SMILES string of the molecule is Cc1nc2ccc(NC(=O)c3cccc(S(=O)(=O)NC4CCS(=O)(=O)C4)c3)cc2[nH]1. The number of sulfonamides is 1. The molecule has 9 nitrogen and oxygen atoms in total. The minimum Gasteiger partial charge on any atom is -0.342 e. The zero-order valence-corrected chi connectivity index (χ0v) is 17.7. The second-order valence-corrected chi connectivity index (χ2v) is 11.2. The smallest absolute Gasteiger partial charge is 0.255 e. The van der Waals surface area contributed by atoms with Crippen molar-refractivity contribution in [1.82, 2.24) is 14.7 Å². The number of hydrogen-bond acceptors (Lipinski definition) is 6. The third kappa shape index (κ3) is 4.37. The van der Waals surface area contributed by atoms with Crippen LogP contribution in [0.4, 0.5) is 5.69 Å². The predicted octanol–water partition coefficient (Wildman–Crippen LogP) is 1.59. The summed E-state index contributed by atoms with van der Waals surface area (Å²) in [6.07, 6.45) is 0.233. The molecular formula is C19H20N4O5S2. The highest BCUT2D eigenvalue weighted by Gasteiger charge is 2.31. The topological polar surface area (TPSA) is 138 Å². The van der Waals surface area contributed by atoms with Gasteiger partial charge in [-0.25, -0.2) is 26.5 Å². The number of benzene rings is 2. The average Bonchev–Trinajstić information content (AvgIpc) is 3.21. The minimum absolute atomic E-state index is 0.0389. The number of nitrogens with zero attached hydrogens (tertiary/aromatic N) is 1. The van der Waals surface area contributed by atoms with Gasteiger partial charge < -0.3 is 10.3 Å². The molecule has 1 amide bonds. The lowest BCUT2D eigenvalue weighted by Crippen LogP contribution is -2.35. The Morgan fingerprint density at radius 3 is 2.73 bits per heavy atom. The second-order valence-electron chi connectivity index (χ2n) is 7.26. The lowest BCUT2D eigenvalue weighted by atomic mass is 10.2. The average molecular weight is 449 g/mol. The van der Waals surface area contributed by atoms with Crippen LogP contribution in [0, 0.1) is 6.92 Å². The van der Waals surface area contributed by atoms with Crippen LogP contribution in [0.5, 0.6) is 0 Å². The zero-order chi connectivity index (χ0) is 21.5. The Bertz CT molecular complexity index is 1350.